The number of aryl methyl sites for hydroxylation is 1. The van der Waals surface area contributed by atoms with Crippen LogP contribution in [0.25, 0.3) is 0 Å². The molecule has 1 amide bonds. The van der Waals surface area contributed by atoms with Crippen LogP contribution in [0.5, 0.6) is 5.75 Å². The molecule has 1 saturated carbocycles. The third kappa shape index (κ3) is 4.09. The molecule has 30 heavy (non-hydrogen) atoms. The van der Waals surface area contributed by atoms with E-state index in [2.05, 4.69) is 4.99 Å². The standard InChI is InChI=1S/C24H27N3O3/c1-16-12-23-20(24(29)27(15-30-23)21-4-2-5-22(21)28)14-18(16)13-17-6-8-19(9-7-17)26-11-3-10-25/h3,6-12,14,21-22,28H,2,4-5,13,15,25H2,1H3/t21-,22-/m0/s1. The van der Waals surface area contributed by atoms with Gasteiger partial charge in [0.1, 0.15) is 5.75 Å². The fourth-order valence-corrected chi connectivity index (χ4v) is 4.19. The molecule has 0 unspecified atom stereocenters. The van der Waals surface area contributed by atoms with E-state index >= 15 is 0 Å². The Hall–Kier alpha value is -3.12. The predicted octanol–water partition coefficient (Wildman–Crippen LogP) is 3.47. The molecule has 6 nitrogen and oxygen atoms in total. The lowest BCUT2D eigenvalue weighted by atomic mass is 9.96. The lowest BCUT2D eigenvalue weighted by Gasteiger charge is -2.35. The Kier molecular flexibility index (Phi) is 5.86. The Balaban J connectivity index is 1.54. The van der Waals surface area contributed by atoms with Gasteiger partial charge >= 0.3 is 0 Å². The van der Waals surface area contributed by atoms with Crippen LogP contribution in [0.15, 0.2) is 53.7 Å². The number of hydrogen-bond donors (Lipinski definition) is 2. The summed E-state index contributed by atoms with van der Waals surface area (Å²) in [5.74, 6) is 0.573. The molecule has 0 bridgehead atoms. The van der Waals surface area contributed by atoms with Crippen LogP contribution in [0, 0.1) is 6.92 Å². The number of nitrogens with two attached hydrogens (primary N) is 1. The van der Waals surface area contributed by atoms with Crippen LogP contribution in [0.1, 0.15) is 46.3 Å². The van der Waals surface area contributed by atoms with Crippen molar-refractivity contribution in [2.24, 2.45) is 10.7 Å². The van der Waals surface area contributed by atoms with Crippen molar-refractivity contribution in [1.82, 2.24) is 4.90 Å². The molecule has 156 valence electrons. The second kappa shape index (κ2) is 8.71. The second-order valence-electron chi connectivity index (χ2n) is 7.90. The van der Waals surface area contributed by atoms with E-state index in [0.717, 1.165) is 41.6 Å². The van der Waals surface area contributed by atoms with E-state index in [0.29, 0.717) is 17.7 Å². The highest BCUT2D eigenvalue weighted by atomic mass is 16.5. The van der Waals surface area contributed by atoms with Crippen molar-refractivity contribution in [2.75, 3.05) is 6.73 Å². The summed E-state index contributed by atoms with van der Waals surface area (Å²) in [5, 5.41) is 10.2. The number of ether oxygens (including phenoxy) is 1. The fraction of sp³-hybridized carbons (Fsp3) is 0.333. The number of amides is 1. The number of aliphatic hydroxyl groups is 1. The van der Waals surface area contributed by atoms with Gasteiger partial charge < -0.3 is 15.6 Å². The Morgan fingerprint density at radius 1 is 1.27 bits per heavy atom. The van der Waals surface area contributed by atoms with Gasteiger partial charge in [-0.3, -0.25) is 14.7 Å². The quantitative estimate of drug-likeness (QED) is 0.746. The number of nitrogens with zero attached hydrogens (tertiary/aromatic N) is 2. The van der Waals surface area contributed by atoms with E-state index < -0.39 is 6.10 Å². The van der Waals surface area contributed by atoms with Crippen molar-refractivity contribution in [3.8, 4) is 5.75 Å². The lowest BCUT2D eigenvalue weighted by molar-refractivity contribution is 0.0127. The number of allylic oxidation sites excluding steroid dienone is 1. The first-order valence-corrected chi connectivity index (χ1v) is 10.3. The van der Waals surface area contributed by atoms with E-state index in [1.165, 1.54) is 6.20 Å². The van der Waals surface area contributed by atoms with E-state index in [1.54, 1.807) is 17.2 Å². The SMILES string of the molecule is Cc1cc2c(cc1Cc1ccc(N=CC=CN)cc1)C(=O)N([C@H]1CCC[C@@H]1O)CO2. The van der Waals surface area contributed by atoms with Gasteiger partial charge in [-0.05, 0) is 85.8 Å². The largest absolute Gasteiger partial charge is 0.472 e. The minimum absolute atomic E-state index is 0.0545. The predicted molar refractivity (Wildman–Crippen MR) is 117 cm³/mol. The van der Waals surface area contributed by atoms with Gasteiger partial charge in [0.05, 0.1) is 23.4 Å². The minimum atomic E-state index is -0.467. The smallest absolute Gasteiger partial charge is 0.260 e. The highest BCUT2D eigenvalue weighted by Gasteiger charge is 2.37. The normalized spacial score (nSPS) is 21.4. The van der Waals surface area contributed by atoms with Gasteiger partial charge in [0.25, 0.3) is 5.91 Å². The van der Waals surface area contributed by atoms with Crippen molar-refractivity contribution in [3.63, 3.8) is 0 Å². The van der Waals surface area contributed by atoms with Gasteiger partial charge in [0.2, 0.25) is 0 Å². The molecule has 0 radical (unpaired) electrons. The third-order valence-corrected chi connectivity index (χ3v) is 5.88. The van der Waals surface area contributed by atoms with Crippen molar-refractivity contribution in [1.29, 1.82) is 0 Å². The number of hydrogen-bond acceptors (Lipinski definition) is 5. The average molecular weight is 405 g/mol. The first-order chi connectivity index (χ1) is 14.6. The molecule has 4 rings (SSSR count). The van der Waals surface area contributed by atoms with Crippen molar-refractivity contribution in [2.45, 2.75) is 44.8 Å². The van der Waals surface area contributed by atoms with Crippen LogP contribution < -0.4 is 10.5 Å². The molecule has 0 saturated heterocycles. The number of aliphatic hydroxyl groups excluding tert-OH is 1. The molecule has 2 atom stereocenters. The zero-order chi connectivity index (χ0) is 21.1. The maximum absolute atomic E-state index is 13.1. The van der Waals surface area contributed by atoms with Crippen LogP contribution in [0.4, 0.5) is 5.69 Å². The van der Waals surface area contributed by atoms with Gasteiger partial charge in [-0.15, -0.1) is 0 Å². The summed E-state index contributed by atoms with van der Waals surface area (Å²) in [6.07, 6.45) is 7.51. The molecule has 0 spiro atoms. The van der Waals surface area contributed by atoms with Crippen molar-refractivity contribution < 1.29 is 14.6 Å². The fourth-order valence-electron chi connectivity index (χ4n) is 4.19. The van der Waals surface area contributed by atoms with Gasteiger partial charge in [-0.1, -0.05) is 12.1 Å². The highest BCUT2D eigenvalue weighted by Crippen LogP contribution is 2.33. The molecule has 1 aliphatic carbocycles. The molecular weight excluding hydrogens is 378 g/mol. The maximum atomic E-state index is 13.1. The Labute approximate surface area is 176 Å². The number of benzene rings is 2. The van der Waals surface area contributed by atoms with Gasteiger partial charge in [-0.2, -0.15) is 0 Å². The minimum Gasteiger partial charge on any atom is -0.472 e. The summed E-state index contributed by atoms with van der Waals surface area (Å²) >= 11 is 0. The van der Waals surface area contributed by atoms with Crippen LogP contribution in [-0.2, 0) is 6.42 Å². The molecule has 2 aromatic rings. The first kappa shape index (κ1) is 20.2. The molecule has 6 heteroatoms. The number of carbonyl (C=O) groups is 1. The summed E-state index contributed by atoms with van der Waals surface area (Å²) in [7, 11) is 0. The van der Waals surface area contributed by atoms with Crippen LogP contribution in [0.3, 0.4) is 0 Å². The Morgan fingerprint density at radius 2 is 2.07 bits per heavy atom. The number of fused-ring (bicyclic) bond motifs is 1. The third-order valence-electron chi connectivity index (χ3n) is 5.88. The van der Waals surface area contributed by atoms with Gasteiger partial charge in [0.15, 0.2) is 6.73 Å². The van der Waals surface area contributed by atoms with Crippen molar-refractivity contribution in [3.05, 3.63) is 70.9 Å². The molecule has 0 aromatic heterocycles. The summed E-state index contributed by atoms with van der Waals surface area (Å²) in [4.78, 5) is 19.1. The van der Waals surface area contributed by atoms with E-state index in [-0.39, 0.29) is 18.7 Å². The molecule has 2 aromatic carbocycles. The summed E-state index contributed by atoms with van der Waals surface area (Å²) in [6, 6.07) is 11.7. The summed E-state index contributed by atoms with van der Waals surface area (Å²) < 4.78 is 5.88. The topological polar surface area (TPSA) is 88.2 Å². The lowest BCUT2D eigenvalue weighted by Crippen LogP contribution is -2.48. The number of rotatable bonds is 5. The van der Waals surface area contributed by atoms with Crippen LogP contribution in [0.2, 0.25) is 0 Å². The van der Waals surface area contributed by atoms with E-state index in [1.807, 2.05) is 43.3 Å². The zero-order valence-electron chi connectivity index (χ0n) is 17.1. The molecule has 1 heterocycles. The molecule has 3 N–H and O–H groups in total. The molecular formula is C24H27N3O3. The first-order valence-electron chi connectivity index (χ1n) is 10.3. The van der Waals surface area contributed by atoms with Crippen molar-refractivity contribution >= 4 is 17.8 Å². The van der Waals surface area contributed by atoms with E-state index in [4.69, 9.17) is 10.5 Å². The van der Waals surface area contributed by atoms with Gasteiger partial charge in [0, 0.05) is 6.21 Å². The number of aliphatic imine (C=N–C) groups is 1. The molecule has 2 aliphatic rings. The molecule has 1 aliphatic heterocycles. The maximum Gasteiger partial charge on any atom is 0.260 e. The Morgan fingerprint density at radius 3 is 2.77 bits per heavy atom. The zero-order valence-corrected chi connectivity index (χ0v) is 17.1. The van der Waals surface area contributed by atoms with Gasteiger partial charge in [-0.25, -0.2) is 0 Å². The summed E-state index contributed by atoms with van der Waals surface area (Å²) in [5.41, 5.74) is 10.1. The second-order valence-corrected chi connectivity index (χ2v) is 7.90. The Bertz CT molecular complexity index is 982. The van der Waals surface area contributed by atoms with E-state index in [9.17, 15) is 9.90 Å². The van der Waals surface area contributed by atoms with Crippen LogP contribution in [-0.4, -0.2) is 41.0 Å². The summed E-state index contributed by atoms with van der Waals surface area (Å²) in [6.45, 7) is 2.24. The van der Waals surface area contributed by atoms with Crippen LogP contribution >= 0.6 is 0 Å². The monoisotopic (exact) mass is 405 g/mol. The number of carbonyl (C=O) groups excluding carboxylic acids is 1. The highest BCUT2D eigenvalue weighted by molar-refractivity contribution is 5.98. The average Bonchev–Trinajstić information content (AvgIpc) is 3.16. The molecule has 1 fully saturated rings.